The molecule has 5 nitrogen and oxygen atoms in total. The van der Waals surface area contributed by atoms with Gasteiger partial charge in [0, 0.05) is 12.4 Å². The Morgan fingerprint density at radius 3 is 2.94 bits per heavy atom. The van der Waals surface area contributed by atoms with Gasteiger partial charge in [-0.25, -0.2) is 9.48 Å². The minimum atomic E-state index is -0.154. The molecule has 0 aliphatic heterocycles. The Labute approximate surface area is 97.0 Å². The van der Waals surface area contributed by atoms with E-state index in [-0.39, 0.29) is 5.69 Å². The molecule has 0 aliphatic carbocycles. The second kappa shape index (κ2) is 3.86. The first-order chi connectivity index (χ1) is 8.34. The third-order valence-electron chi connectivity index (χ3n) is 2.57. The zero-order valence-electron chi connectivity index (χ0n) is 9.02. The number of rotatable bonds is 2. The van der Waals surface area contributed by atoms with Crippen LogP contribution >= 0.6 is 0 Å². The maximum Gasteiger partial charge on any atom is 0.349 e. The van der Waals surface area contributed by atoms with E-state index in [1.807, 2.05) is 30.3 Å². The molecule has 84 valence electrons. The van der Waals surface area contributed by atoms with Crippen molar-refractivity contribution in [2.75, 3.05) is 0 Å². The van der Waals surface area contributed by atoms with Gasteiger partial charge in [-0.15, -0.1) is 0 Å². The van der Waals surface area contributed by atoms with Gasteiger partial charge in [0.15, 0.2) is 0 Å². The normalized spacial score (nSPS) is 10.8. The van der Waals surface area contributed by atoms with Crippen molar-refractivity contribution >= 4 is 5.52 Å². The largest absolute Gasteiger partial charge is 0.349 e. The van der Waals surface area contributed by atoms with E-state index < -0.39 is 0 Å². The van der Waals surface area contributed by atoms with Gasteiger partial charge >= 0.3 is 5.69 Å². The van der Waals surface area contributed by atoms with Crippen molar-refractivity contribution in [1.29, 1.82) is 0 Å². The van der Waals surface area contributed by atoms with Crippen molar-refractivity contribution in [3.05, 3.63) is 65.1 Å². The first-order valence-corrected chi connectivity index (χ1v) is 5.28. The molecule has 0 N–H and O–H groups in total. The van der Waals surface area contributed by atoms with Crippen LogP contribution in [0.1, 0.15) is 5.69 Å². The molecular weight excluding hydrogens is 216 g/mol. The third-order valence-corrected chi connectivity index (χ3v) is 2.57. The summed E-state index contributed by atoms with van der Waals surface area (Å²) in [4.78, 5) is 16.2. The summed E-state index contributed by atoms with van der Waals surface area (Å²) in [6, 6.07) is 9.27. The van der Waals surface area contributed by atoms with E-state index in [2.05, 4.69) is 10.1 Å². The van der Waals surface area contributed by atoms with Crippen LogP contribution in [0.15, 0.2) is 53.7 Å². The summed E-state index contributed by atoms with van der Waals surface area (Å²) >= 11 is 0. The van der Waals surface area contributed by atoms with Crippen LogP contribution in [-0.2, 0) is 6.54 Å². The van der Waals surface area contributed by atoms with Crippen molar-refractivity contribution in [3.63, 3.8) is 0 Å². The molecule has 0 amide bonds. The van der Waals surface area contributed by atoms with Crippen molar-refractivity contribution in [3.8, 4) is 0 Å². The molecule has 0 radical (unpaired) electrons. The van der Waals surface area contributed by atoms with E-state index in [0.717, 1.165) is 11.2 Å². The van der Waals surface area contributed by atoms with Gasteiger partial charge in [0.2, 0.25) is 0 Å². The van der Waals surface area contributed by atoms with E-state index in [9.17, 15) is 4.79 Å². The van der Waals surface area contributed by atoms with E-state index >= 15 is 0 Å². The highest BCUT2D eigenvalue weighted by Crippen LogP contribution is 1.99. The van der Waals surface area contributed by atoms with Gasteiger partial charge < -0.3 is 0 Å². The molecule has 5 heteroatoms. The number of aromatic nitrogens is 4. The molecule has 0 saturated heterocycles. The van der Waals surface area contributed by atoms with Crippen LogP contribution in [0.3, 0.4) is 0 Å². The zero-order valence-corrected chi connectivity index (χ0v) is 9.02. The molecule has 0 atom stereocenters. The van der Waals surface area contributed by atoms with Crippen LogP contribution in [0.5, 0.6) is 0 Å². The lowest BCUT2D eigenvalue weighted by Crippen LogP contribution is -2.28. The highest BCUT2D eigenvalue weighted by molar-refractivity contribution is 5.43. The minimum absolute atomic E-state index is 0.154. The van der Waals surface area contributed by atoms with E-state index in [4.69, 9.17) is 0 Å². The highest BCUT2D eigenvalue weighted by atomic mass is 16.2. The molecule has 0 aromatic carbocycles. The predicted molar refractivity (Wildman–Crippen MR) is 62.8 cm³/mol. The molecule has 3 aromatic heterocycles. The molecule has 17 heavy (non-hydrogen) atoms. The van der Waals surface area contributed by atoms with Crippen molar-refractivity contribution in [2.24, 2.45) is 0 Å². The number of fused-ring (bicyclic) bond motifs is 1. The Kier molecular flexibility index (Phi) is 2.22. The number of hydrogen-bond donors (Lipinski definition) is 0. The molecule has 0 fully saturated rings. The fourth-order valence-corrected chi connectivity index (χ4v) is 1.73. The van der Waals surface area contributed by atoms with Gasteiger partial charge in [0.25, 0.3) is 0 Å². The summed E-state index contributed by atoms with van der Waals surface area (Å²) in [5.41, 5.74) is 1.46. The van der Waals surface area contributed by atoms with Crippen LogP contribution in [0.4, 0.5) is 0 Å². The zero-order chi connectivity index (χ0) is 11.7. The number of hydrogen-bond acceptors (Lipinski definition) is 3. The standard InChI is InChI=1S/C12H10N4O/c17-12-15-7-3-5-11(15)8-14-16(12)9-10-4-1-2-6-13-10/h1-8H,9H2. The number of pyridine rings is 1. The summed E-state index contributed by atoms with van der Waals surface area (Å²) in [5.74, 6) is 0. The van der Waals surface area contributed by atoms with Gasteiger partial charge in [-0.05, 0) is 24.3 Å². The Morgan fingerprint density at radius 1 is 1.18 bits per heavy atom. The van der Waals surface area contributed by atoms with E-state index in [0.29, 0.717) is 6.54 Å². The first-order valence-electron chi connectivity index (χ1n) is 5.28. The molecule has 0 bridgehead atoms. The van der Waals surface area contributed by atoms with E-state index in [1.165, 1.54) is 4.68 Å². The Morgan fingerprint density at radius 2 is 2.12 bits per heavy atom. The second-order valence-electron chi connectivity index (χ2n) is 3.71. The highest BCUT2D eigenvalue weighted by Gasteiger charge is 2.03. The Bertz CT molecular complexity index is 699. The first kappa shape index (κ1) is 9.77. The number of nitrogens with zero attached hydrogens (tertiary/aromatic N) is 4. The molecule has 0 spiro atoms. The third kappa shape index (κ3) is 1.71. The molecule has 0 saturated carbocycles. The fourth-order valence-electron chi connectivity index (χ4n) is 1.73. The molecule has 0 unspecified atom stereocenters. The maximum absolute atomic E-state index is 12.0. The molecule has 0 aliphatic rings. The van der Waals surface area contributed by atoms with Gasteiger partial charge in [-0.1, -0.05) is 6.07 Å². The van der Waals surface area contributed by atoms with Crippen LogP contribution in [0.25, 0.3) is 5.52 Å². The lowest BCUT2D eigenvalue weighted by atomic mass is 10.3. The predicted octanol–water partition coefficient (Wildman–Crippen LogP) is 0.939. The topological polar surface area (TPSA) is 52.2 Å². The summed E-state index contributed by atoms with van der Waals surface area (Å²) in [5, 5.41) is 4.12. The summed E-state index contributed by atoms with van der Waals surface area (Å²) in [6.45, 7) is 0.383. The second-order valence-corrected chi connectivity index (χ2v) is 3.71. The molecule has 3 heterocycles. The monoisotopic (exact) mass is 226 g/mol. The summed E-state index contributed by atoms with van der Waals surface area (Å²) in [7, 11) is 0. The van der Waals surface area contributed by atoms with Gasteiger partial charge in [-0.2, -0.15) is 5.10 Å². The molecule has 3 rings (SSSR count). The van der Waals surface area contributed by atoms with Gasteiger partial charge in [0.1, 0.15) is 0 Å². The van der Waals surface area contributed by atoms with Crippen LogP contribution in [-0.4, -0.2) is 19.2 Å². The van der Waals surface area contributed by atoms with Gasteiger partial charge in [-0.3, -0.25) is 9.38 Å². The van der Waals surface area contributed by atoms with Crippen LogP contribution in [0, 0.1) is 0 Å². The molecule has 3 aromatic rings. The Balaban J connectivity index is 2.07. The fraction of sp³-hybridized carbons (Fsp3) is 0.0833. The Hall–Kier alpha value is -2.43. The van der Waals surface area contributed by atoms with Gasteiger partial charge in [0.05, 0.1) is 24.0 Å². The quantitative estimate of drug-likeness (QED) is 0.653. The lowest BCUT2D eigenvalue weighted by molar-refractivity contribution is 0.599. The summed E-state index contributed by atoms with van der Waals surface area (Å²) in [6.07, 6.45) is 5.10. The average molecular weight is 226 g/mol. The van der Waals surface area contributed by atoms with Crippen molar-refractivity contribution < 1.29 is 0 Å². The van der Waals surface area contributed by atoms with Crippen molar-refractivity contribution in [1.82, 2.24) is 19.2 Å². The average Bonchev–Trinajstić information content (AvgIpc) is 2.83. The van der Waals surface area contributed by atoms with E-state index in [1.54, 1.807) is 23.0 Å². The lowest BCUT2D eigenvalue weighted by Gasteiger charge is -2.04. The molecular formula is C12H10N4O. The van der Waals surface area contributed by atoms with Crippen molar-refractivity contribution in [2.45, 2.75) is 6.54 Å². The summed E-state index contributed by atoms with van der Waals surface area (Å²) < 4.78 is 2.96. The maximum atomic E-state index is 12.0. The van der Waals surface area contributed by atoms with Crippen LogP contribution < -0.4 is 5.69 Å². The van der Waals surface area contributed by atoms with Crippen LogP contribution in [0.2, 0.25) is 0 Å². The SMILES string of the molecule is O=c1n(Cc2ccccn2)ncc2cccn12. The minimum Gasteiger partial charge on any atom is -0.267 e. The smallest absolute Gasteiger partial charge is 0.267 e.